The highest BCUT2D eigenvalue weighted by Gasteiger charge is 2.21. The first-order chi connectivity index (χ1) is 13.7. The van der Waals surface area contributed by atoms with Crippen molar-refractivity contribution >= 4 is 33.4 Å². The molecule has 0 bridgehead atoms. The molecule has 0 aliphatic rings. The molecule has 0 radical (unpaired) electrons. The zero-order chi connectivity index (χ0) is 21.4. The summed E-state index contributed by atoms with van der Waals surface area (Å²) in [6.07, 6.45) is 3.01. The largest absolute Gasteiger partial charge is 0.491 e. The Labute approximate surface area is 177 Å². The number of carbonyl (C=O) groups is 1. The van der Waals surface area contributed by atoms with E-state index in [1.54, 1.807) is 18.2 Å². The number of amides is 1. The van der Waals surface area contributed by atoms with E-state index in [9.17, 15) is 13.2 Å². The molecule has 0 fully saturated rings. The van der Waals surface area contributed by atoms with Crippen LogP contribution in [-0.4, -0.2) is 46.5 Å². The van der Waals surface area contributed by atoms with Crippen LogP contribution in [0.2, 0.25) is 0 Å². The van der Waals surface area contributed by atoms with Gasteiger partial charge in [-0.25, -0.2) is 8.42 Å². The standard InChI is InChI=1S/C21H28N2O4S2/c1-16(2)19-10-5-6-11-20(19)27-13-12-22-21(24)15-23(29(4,25)26)17-8-7-9-18(14-17)28-3/h5-11,14,16H,12-13,15H2,1-4H3,(H,22,24). The van der Waals surface area contributed by atoms with E-state index < -0.39 is 10.0 Å². The maximum Gasteiger partial charge on any atom is 0.240 e. The van der Waals surface area contributed by atoms with Gasteiger partial charge >= 0.3 is 0 Å². The summed E-state index contributed by atoms with van der Waals surface area (Å²) >= 11 is 1.51. The van der Waals surface area contributed by atoms with E-state index in [0.29, 0.717) is 18.2 Å². The average molecular weight is 437 g/mol. The monoisotopic (exact) mass is 436 g/mol. The van der Waals surface area contributed by atoms with Crippen LogP contribution in [0.4, 0.5) is 5.69 Å². The van der Waals surface area contributed by atoms with Crippen molar-refractivity contribution in [3.63, 3.8) is 0 Å². The summed E-state index contributed by atoms with van der Waals surface area (Å²) in [6, 6.07) is 14.9. The number of benzene rings is 2. The van der Waals surface area contributed by atoms with Gasteiger partial charge in [-0.3, -0.25) is 9.10 Å². The summed E-state index contributed by atoms with van der Waals surface area (Å²) in [5, 5.41) is 2.73. The van der Waals surface area contributed by atoms with Gasteiger partial charge in [0.15, 0.2) is 0 Å². The Hall–Kier alpha value is -2.19. The van der Waals surface area contributed by atoms with Crippen molar-refractivity contribution in [1.29, 1.82) is 0 Å². The third-order valence-electron chi connectivity index (χ3n) is 4.25. The quantitative estimate of drug-likeness (QED) is 0.456. The van der Waals surface area contributed by atoms with Crippen LogP contribution in [0.3, 0.4) is 0 Å². The smallest absolute Gasteiger partial charge is 0.240 e. The lowest BCUT2D eigenvalue weighted by atomic mass is 10.0. The Morgan fingerprint density at radius 1 is 1.17 bits per heavy atom. The molecule has 6 nitrogen and oxygen atoms in total. The maximum atomic E-state index is 12.3. The van der Waals surface area contributed by atoms with E-state index in [1.165, 1.54) is 11.8 Å². The number of hydrogen-bond donors (Lipinski definition) is 1. The fourth-order valence-corrected chi connectivity index (χ4v) is 4.09. The fourth-order valence-electron chi connectivity index (χ4n) is 2.79. The normalized spacial score (nSPS) is 11.3. The number of hydrogen-bond acceptors (Lipinski definition) is 5. The van der Waals surface area contributed by atoms with Crippen LogP contribution >= 0.6 is 11.8 Å². The minimum absolute atomic E-state index is 0.279. The van der Waals surface area contributed by atoms with E-state index >= 15 is 0 Å². The predicted octanol–water partition coefficient (Wildman–Crippen LogP) is 3.49. The molecule has 0 aliphatic heterocycles. The van der Waals surface area contributed by atoms with E-state index in [1.807, 2.05) is 36.6 Å². The molecule has 1 amide bonds. The molecule has 2 rings (SSSR count). The molecule has 0 spiro atoms. The third kappa shape index (κ3) is 6.97. The van der Waals surface area contributed by atoms with Gasteiger partial charge in [-0.15, -0.1) is 11.8 Å². The van der Waals surface area contributed by atoms with Crippen molar-refractivity contribution in [3.05, 3.63) is 54.1 Å². The van der Waals surface area contributed by atoms with Crippen LogP contribution in [0, 0.1) is 0 Å². The molecule has 158 valence electrons. The number of thioether (sulfide) groups is 1. The average Bonchev–Trinajstić information content (AvgIpc) is 2.68. The molecular weight excluding hydrogens is 408 g/mol. The number of rotatable bonds is 10. The van der Waals surface area contributed by atoms with Crippen LogP contribution in [0.5, 0.6) is 5.75 Å². The van der Waals surface area contributed by atoms with Gasteiger partial charge in [-0.2, -0.15) is 0 Å². The highest BCUT2D eigenvalue weighted by atomic mass is 32.2. The van der Waals surface area contributed by atoms with Gasteiger partial charge in [0.05, 0.1) is 18.5 Å². The van der Waals surface area contributed by atoms with Crippen LogP contribution < -0.4 is 14.4 Å². The summed E-state index contributed by atoms with van der Waals surface area (Å²) in [5.41, 5.74) is 1.58. The van der Waals surface area contributed by atoms with Gasteiger partial charge in [-0.1, -0.05) is 38.1 Å². The minimum Gasteiger partial charge on any atom is -0.491 e. The van der Waals surface area contributed by atoms with Gasteiger partial charge < -0.3 is 10.1 Å². The summed E-state index contributed by atoms with van der Waals surface area (Å²) in [7, 11) is -3.59. The molecule has 0 atom stereocenters. The van der Waals surface area contributed by atoms with E-state index in [0.717, 1.165) is 26.8 Å². The lowest BCUT2D eigenvalue weighted by Gasteiger charge is -2.22. The minimum atomic E-state index is -3.59. The third-order valence-corrected chi connectivity index (χ3v) is 6.12. The first-order valence-electron chi connectivity index (χ1n) is 9.32. The zero-order valence-electron chi connectivity index (χ0n) is 17.2. The predicted molar refractivity (Wildman–Crippen MR) is 119 cm³/mol. The second kappa shape index (κ2) is 10.5. The van der Waals surface area contributed by atoms with Crippen LogP contribution in [-0.2, 0) is 14.8 Å². The Bertz CT molecular complexity index is 930. The van der Waals surface area contributed by atoms with Crippen molar-refractivity contribution in [3.8, 4) is 5.75 Å². The van der Waals surface area contributed by atoms with Crippen molar-refractivity contribution < 1.29 is 17.9 Å². The SMILES string of the molecule is CSc1cccc(N(CC(=O)NCCOc2ccccc2C(C)C)S(C)(=O)=O)c1. The first-order valence-corrected chi connectivity index (χ1v) is 12.4. The second-order valence-electron chi connectivity index (χ2n) is 6.86. The van der Waals surface area contributed by atoms with Crippen molar-refractivity contribution in [2.75, 3.05) is 36.5 Å². The van der Waals surface area contributed by atoms with Gasteiger partial charge in [-0.05, 0) is 42.0 Å². The molecule has 0 aromatic heterocycles. The number of nitrogens with one attached hydrogen (secondary N) is 1. The van der Waals surface area contributed by atoms with E-state index in [-0.39, 0.29) is 19.0 Å². The highest BCUT2D eigenvalue weighted by molar-refractivity contribution is 7.98. The first kappa shape index (κ1) is 23.1. The van der Waals surface area contributed by atoms with Gasteiger partial charge in [0.1, 0.15) is 18.9 Å². The van der Waals surface area contributed by atoms with Crippen LogP contribution in [0.15, 0.2) is 53.4 Å². The van der Waals surface area contributed by atoms with E-state index in [2.05, 4.69) is 19.2 Å². The molecule has 2 aromatic carbocycles. The summed E-state index contributed by atoms with van der Waals surface area (Å²) in [4.78, 5) is 13.3. The topological polar surface area (TPSA) is 75.7 Å². The number of nitrogens with zero attached hydrogens (tertiary/aromatic N) is 1. The zero-order valence-corrected chi connectivity index (χ0v) is 18.8. The molecule has 0 unspecified atom stereocenters. The molecule has 1 N–H and O–H groups in total. The van der Waals surface area contributed by atoms with Crippen molar-refractivity contribution in [1.82, 2.24) is 5.32 Å². The number of sulfonamides is 1. The molecule has 29 heavy (non-hydrogen) atoms. The molecule has 0 aliphatic carbocycles. The maximum absolute atomic E-state index is 12.3. The van der Waals surface area contributed by atoms with Crippen LogP contribution in [0.25, 0.3) is 0 Å². The summed E-state index contributed by atoms with van der Waals surface area (Å²) in [5.74, 6) is 0.746. The van der Waals surface area contributed by atoms with Crippen LogP contribution in [0.1, 0.15) is 25.3 Å². The van der Waals surface area contributed by atoms with E-state index in [4.69, 9.17) is 4.74 Å². The molecule has 0 saturated heterocycles. The lowest BCUT2D eigenvalue weighted by molar-refractivity contribution is -0.119. The van der Waals surface area contributed by atoms with Crippen molar-refractivity contribution in [2.45, 2.75) is 24.7 Å². The van der Waals surface area contributed by atoms with Gasteiger partial charge in [0.25, 0.3) is 0 Å². The highest BCUT2D eigenvalue weighted by Crippen LogP contribution is 2.26. The molecule has 2 aromatic rings. The fraction of sp³-hybridized carbons (Fsp3) is 0.381. The van der Waals surface area contributed by atoms with Crippen molar-refractivity contribution in [2.24, 2.45) is 0 Å². The molecule has 0 heterocycles. The summed E-state index contributed by atoms with van der Waals surface area (Å²) in [6.45, 7) is 4.49. The number of para-hydroxylation sites is 1. The molecule has 0 saturated carbocycles. The summed E-state index contributed by atoms with van der Waals surface area (Å²) < 4.78 is 31.3. The Balaban J connectivity index is 1.94. The second-order valence-corrected chi connectivity index (χ2v) is 9.65. The Kier molecular flexibility index (Phi) is 8.40. The Morgan fingerprint density at radius 2 is 1.90 bits per heavy atom. The number of carbonyl (C=O) groups excluding carboxylic acids is 1. The van der Waals surface area contributed by atoms with Gasteiger partial charge in [0.2, 0.25) is 15.9 Å². The Morgan fingerprint density at radius 3 is 2.55 bits per heavy atom. The number of ether oxygens (including phenoxy) is 1. The molecular formula is C21H28N2O4S2. The van der Waals surface area contributed by atoms with Gasteiger partial charge in [0, 0.05) is 4.90 Å². The molecule has 8 heteroatoms. The lowest BCUT2D eigenvalue weighted by Crippen LogP contribution is -2.41. The number of anilines is 1.